The van der Waals surface area contributed by atoms with E-state index in [9.17, 15) is 0 Å². The molecule has 0 saturated carbocycles. The third-order valence-electron chi connectivity index (χ3n) is 2.73. The maximum Gasteiger partial charge on any atom is 0.126 e. The Bertz CT molecular complexity index is 326. The first kappa shape index (κ1) is 15.0. The standard InChI is InChI=1S/C15H26N2O/c1-4-5-6-9-18-15-7-8-16-11-14(15)12-17-10-13(2)3/h7-8,11,13,17H,4-6,9-10,12H2,1-3H3. The van der Waals surface area contributed by atoms with Crippen molar-refractivity contribution in [3.05, 3.63) is 24.0 Å². The Balaban J connectivity index is 2.40. The maximum atomic E-state index is 5.82. The van der Waals surface area contributed by atoms with E-state index in [4.69, 9.17) is 4.74 Å². The highest BCUT2D eigenvalue weighted by molar-refractivity contribution is 5.29. The summed E-state index contributed by atoms with van der Waals surface area (Å²) in [4.78, 5) is 4.17. The van der Waals surface area contributed by atoms with Gasteiger partial charge in [-0.3, -0.25) is 4.98 Å². The van der Waals surface area contributed by atoms with E-state index in [0.29, 0.717) is 5.92 Å². The topological polar surface area (TPSA) is 34.1 Å². The fraction of sp³-hybridized carbons (Fsp3) is 0.667. The number of nitrogens with zero attached hydrogens (tertiary/aromatic N) is 1. The van der Waals surface area contributed by atoms with Crippen LogP contribution in [0.3, 0.4) is 0 Å². The predicted octanol–water partition coefficient (Wildman–Crippen LogP) is 3.40. The van der Waals surface area contributed by atoms with Crippen LogP contribution in [0, 0.1) is 5.92 Å². The van der Waals surface area contributed by atoms with Gasteiger partial charge in [-0.2, -0.15) is 0 Å². The summed E-state index contributed by atoms with van der Waals surface area (Å²) in [6, 6.07) is 1.96. The van der Waals surface area contributed by atoms with E-state index >= 15 is 0 Å². The van der Waals surface area contributed by atoms with Gasteiger partial charge in [-0.25, -0.2) is 0 Å². The van der Waals surface area contributed by atoms with Gasteiger partial charge >= 0.3 is 0 Å². The van der Waals surface area contributed by atoms with Crippen LogP contribution in [0.5, 0.6) is 5.75 Å². The zero-order valence-electron chi connectivity index (χ0n) is 11.9. The van der Waals surface area contributed by atoms with E-state index in [0.717, 1.165) is 37.4 Å². The summed E-state index contributed by atoms with van der Waals surface area (Å²) < 4.78 is 5.82. The Labute approximate surface area is 111 Å². The Morgan fingerprint density at radius 3 is 2.89 bits per heavy atom. The minimum atomic E-state index is 0.663. The fourth-order valence-electron chi connectivity index (χ4n) is 1.72. The van der Waals surface area contributed by atoms with Crippen molar-refractivity contribution >= 4 is 0 Å². The van der Waals surface area contributed by atoms with Gasteiger partial charge in [-0.1, -0.05) is 33.6 Å². The van der Waals surface area contributed by atoms with Crippen LogP contribution in [-0.4, -0.2) is 18.1 Å². The smallest absolute Gasteiger partial charge is 0.126 e. The van der Waals surface area contributed by atoms with Gasteiger partial charge in [0.05, 0.1) is 6.61 Å². The number of rotatable bonds is 9. The average molecular weight is 250 g/mol. The molecule has 1 aromatic heterocycles. The summed E-state index contributed by atoms with van der Waals surface area (Å²) in [5.74, 6) is 1.63. The van der Waals surface area contributed by atoms with Crippen molar-refractivity contribution in [1.29, 1.82) is 0 Å². The van der Waals surface area contributed by atoms with Gasteiger partial charge in [-0.05, 0) is 24.9 Å². The monoisotopic (exact) mass is 250 g/mol. The molecule has 0 fully saturated rings. The SMILES string of the molecule is CCCCCOc1ccncc1CNCC(C)C. The first-order valence-electron chi connectivity index (χ1n) is 7.00. The molecule has 18 heavy (non-hydrogen) atoms. The summed E-state index contributed by atoms with van der Waals surface area (Å²) in [5, 5.41) is 3.42. The van der Waals surface area contributed by atoms with Crippen molar-refractivity contribution in [3.63, 3.8) is 0 Å². The van der Waals surface area contributed by atoms with Crippen molar-refractivity contribution in [2.24, 2.45) is 5.92 Å². The summed E-state index contributed by atoms with van der Waals surface area (Å²) in [6.45, 7) is 9.26. The van der Waals surface area contributed by atoms with E-state index in [1.807, 2.05) is 12.3 Å². The molecule has 0 atom stereocenters. The number of aromatic nitrogens is 1. The van der Waals surface area contributed by atoms with Crippen molar-refractivity contribution < 1.29 is 4.74 Å². The van der Waals surface area contributed by atoms with Crippen LogP contribution >= 0.6 is 0 Å². The van der Waals surface area contributed by atoms with Gasteiger partial charge in [0.15, 0.2) is 0 Å². The highest BCUT2D eigenvalue weighted by atomic mass is 16.5. The van der Waals surface area contributed by atoms with Crippen LogP contribution in [0.25, 0.3) is 0 Å². The lowest BCUT2D eigenvalue weighted by atomic mass is 10.2. The lowest BCUT2D eigenvalue weighted by Crippen LogP contribution is -2.19. The summed E-state index contributed by atoms with van der Waals surface area (Å²) >= 11 is 0. The molecule has 1 heterocycles. The second kappa shape index (κ2) is 8.92. The molecule has 0 aliphatic carbocycles. The minimum absolute atomic E-state index is 0.663. The molecular weight excluding hydrogens is 224 g/mol. The molecule has 0 saturated heterocycles. The van der Waals surface area contributed by atoms with Gasteiger partial charge in [0, 0.05) is 24.5 Å². The van der Waals surface area contributed by atoms with Crippen LogP contribution in [0.2, 0.25) is 0 Å². The molecule has 0 unspecified atom stereocenters. The highest BCUT2D eigenvalue weighted by Crippen LogP contribution is 2.16. The molecule has 3 heteroatoms. The zero-order valence-corrected chi connectivity index (χ0v) is 11.9. The van der Waals surface area contributed by atoms with Crippen molar-refractivity contribution in [2.75, 3.05) is 13.2 Å². The molecule has 0 aromatic carbocycles. The van der Waals surface area contributed by atoms with Crippen molar-refractivity contribution in [2.45, 2.75) is 46.6 Å². The molecule has 0 aliphatic rings. The fourth-order valence-corrected chi connectivity index (χ4v) is 1.72. The number of nitrogens with one attached hydrogen (secondary N) is 1. The number of ether oxygens (including phenoxy) is 1. The van der Waals surface area contributed by atoms with Crippen molar-refractivity contribution in [3.8, 4) is 5.75 Å². The number of unbranched alkanes of at least 4 members (excludes halogenated alkanes) is 2. The van der Waals surface area contributed by atoms with Gasteiger partial charge in [0.1, 0.15) is 5.75 Å². The van der Waals surface area contributed by atoms with E-state index < -0.39 is 0 Å². The molecule has 102 valence electrons. The van der Waals surface area contributed by atoms with Crippen LogP contribution < -0.4 is 10.1 Å². The Morgan fingerprint density at radius 2 is 2.17 bits per heavy atom. The largest absolute Gasteiger partial charge is 0.493 e. The van der Waals surface area contributed by atoms with E-state index in [1.54, 1.807) is 6.20 Å². The van der Waals surface area contributed by atoms with Gasteiger partial charge in [0.2, 0.25) is 0 Å². The first-order chi connectivity index (χ1) is 8.74. The third kappa shape index (κ3) is 6.01. The van der Waals surface area contributed by atoms with E-state index in [-0.39, 0.29) is 0 Å². The highest BCUT2D eigenvalue weighted by Gasteiger charge is 2.03. The van der Waals surface area contributed by atoms with Crippen LogP contribution in [0.1, 0.15) is 45.6 Å². The molecule has 1 rings (SSSR count). The molecular formula is C15H26N2O. The first-order valence-corrected chi connectivity index (χ1v) is 7.00. The third-order valence-corrected chi connectivity index (χ3v) is 2.73. The van der Waals surface area contributed by atoms with Crippen LogP contribution in [0.15, 0.2) is 18.5 Å². The number of hydrogen-bond acceptors (Lipinski definition) is 3. The second-order valence-electron chi connectivity index (χ2n) is 5.06. The molecule has 0 radical (unpaired) electrons. The lowest BCUT2D eigenvalue weighted by molar-refractivity contribution is 0.302. The van der Waals surface area contributed by atoms with Gasteiger partial charge in [0.25, 0.3) is 0 Å². The molecule has 0 aliphatic heterocycles. The number of hydrogen-bond donors (Lipinski definition) is 1. The molecule has 0 amide bonds. The van der Waals surface area contributed by atoms with Gasteiger partial charge < -0.3 is 10.1 Å². The number of pyridine rings is 1. The molecule has 3 nitrogen and oxygen atoms in total. The normalized spacial score (nSPS) is 10.9. The minimum Gasteiger partial charge on any atom is -0.493 e. The summed E-state index contributed by atoms with van der Waals surface area (Å²) in [5.41, 5.74) is 1.15. The molecule has 0 bridgehead atoms. The van der Waals surface area contributed by atoms with Crippen LogP contribution in [-0.2, 0) is 6.54 Å². The van der Waals surface area contributed by atoms with Crippen molar-refractivity contribution in [1.82, 2.24) is 10.3 Å². The van der Waals surface area contributed by atoms with E-state index in [1.165, 1.54) is 12.8 Å². The van der Waals surface area contributed by atoms with E-state index in [2.05, 4.69) is 31.1 Å². The quantitative estimate of drug-likeness (QED) is 0.682. The Kier molecular flexibility index (Phi) is 7.42. The maximum absolute atomic E-state index is 5.82. The second-order valence-corrected chi connectivity index (χ2v) is 5.06. The molecule has 1 N–H and O–H groups in total. The lowest BCUT2D eigenvalue weighted by Gasteiger charge is -2.12. The van der Waals surface area contributed by atoms with Crippen LogP contribution in [0.4, 0.5) is 0 Å². The van der Waals surface area contributed by atoms with Gasteiger partial charge in [-0.15, -0.1) is 0 Å². The summed E-state index contributed by atoms with van der Waals surface area (Å²) in [7, 11) is 0. The summed E-state index contributed by atoms with van der Waals surface area (Å²) in [6.07, 6.45) is 7.26. The molecule has 0 spiro atoms. The Hall–Kier alpha value is -1.09. The zero-order chi connectivity index (χ0) is 13.2. The predicted molar refractivity (Wildman–Crippen MR) is 75.8 cm³/mol. The Morgan fingerprint density at radius 1 is 1.33 bits per heavy atom. The average Bonchev–Trinajstić information content (AvgIpc) is 2.36. The molecule has 1 aromatic rings.